The minimum Gasteiger partial charge on any atom is -0.462 e. The third-order valence-electron chi connectivity index (χ3n) is 5.08. The second kappa shape index (κ2) is 6.66. The zero-order valence-electron chi connectivity index (χ0n) is 13.2. The van der Waals surface area contributed by atoms with Gasteiger partial charge in [0.25, 0.3) is 0 Å². The lowest BCUT2D eigenvalue weighted by atomic mass is 9.88. The van der Waals surface area contributed by atoms with E-state index >= 15 is 0 Å². The lowest BCUT2D eigenvalue weighted by Gasteiger charge is -2.22. The Labute approximate surface area is 132 Å². The van der Waals surface area contributed by atoms with E-state index in [2.05, 4.69) is 32.0 Å². The predicted octanol–water partition coefficient (Wildman–Crippen LogP) is 4.72. The van der Waals surface area contributed by atoms with Gasteiger partial charge in [-0.2, -0.15) is 0 Å². The van der Waals surface area contributed by atoms with Crippen LogP contribution >= 0.6 is 8.25 Å². The third kappa shape index (κ3) is 3.68. The average Bonchev–Trinajstić information content (AvgIpc) is 3.38. The van der Waals surface area contributed by atoms with Crippen molar-refractivity contribution in [2.24, 2.45) is 11.8 Å². The van der Waals surface area contributed by atoms with E-state index in [9.17, 15) is 4.57 Å². The molecule has 1 aromatic rings. The summed E-state index contributed by atoms with van der Waals surface area (Å²) in [6.45, 7) is 4.32. The van der Waals surface area contributed by atoms with Crippen LogP contribution in [0.1, 0.15) is 62.5 Å². The number of ether oxygens (including phenoxy) is 1. The van der Waals surface area contributed by atoms with Crippen LogP contribution in [0.5, 0.6) is 5.75 Å². The van der Waals surface area contributed by atoms with Gasteiger partial charge in [-0.1, -0.05) is 36.6 Å². The molecule has 3 atom stereocenters. The molecule has 0 bridgehead atoms. The molecule has 0 heterocycles. The fourth-order valence-electron chi connectivity index (χ4n) is 3.29. The number of benzene rings is 1. The molecule has 1 N–H and O–H groups in total. The zero-order chi connectivity index (χ0) is 15.7. The van der Waals surface area contributed by atoms with Gasteiger partial charge in [0.2, 0.25) is 6.79 Å². The van der Waals surface area contributed by atoms with Crippen LogP contribution in [0.25, 0.3) is 0 Å². The monoisotopic (exact) mass is 323 g/mol. The second-order valence-electron chi connectivity index (χ2n) is 6.65. The fraction of sp³-hybridized carbons (Fsp3) is 0.647. The van der Waals surface area contributed by atoms with Crippen molar-refractivity contribution in [1.29, 1.82) is 0 Å². The maximum Gasteiger partial charge on any atom is 0.698 e. The molecule has 0 aliphatic heterocycles. The smallest absolute Gasteiger partial charge is 0.462 e. The van der Waals surface area contributed by atoms with Gasteiger partial charge in [0, 0.05) is 4.57 Å². The quantitative estimate of drug-likeness (QED) is 0.556. The van der Waals surface area contributed by atoms with Crippen molar-refractivity contribution >= 4 is 8.25 Å². The molecular weight excluding hydrogens is 299 g/mol. The summed E-state index contributed by atoms with van der Waals surface area (Å²) in [5.74, 6) is 3.28. The average molecular weight is 323 g/mol. The number of hydrogen-bond donors (Lipinski definition) is 1. The van der Waals surface area contributed by atoms with Gasteiger partial charge in [0.05, 0.1) is 0 Å². The van der Waals surface area contributed by atoms with E-state index in [-0.39, 0.29) is 6.79 Å². The van der Waals surface area contributed by atoms with E-state index < -0.39 is 8.25 Å². The SMILES string of the molecule is C[C@@H](c1cccc([C@H](C)C2CC2)c1OCO[P+](=O)O)C1CC1. The molecule has 4 nitrogen and oxygen atoms in total. The first-order chi connectivity index (χ1) is 10.6. The molecule has 0 saturated heterocycles. The lowest BCUT2D eigenvalue weighted by molar-refractivity contribution is 0.112. The van der Waals surface area contributed by atoms with Crippen LogP contribution in [0.4, 0.5) is 0 Å². The highest BCUT2D eigenvalue weighted by Crippen LogP contribution is 2.49. The van der Waals surface area contributed by atoms with Gasteiger partial charge >= 0.3 is 8.25 Å². The van der Waals surface area contributed by atoms with E-state index in [1.54, 1.807) is 0 Å². The Balaban J connectivity index is 1.86. The van der Waals surface area contributed by atoms with Crippen molar-refractivity contribution < 1.29 is 18.7 Å². The van der Waals surface area contributed by atoms with Gasteiger partial charge < -0.3 is 4.74 Å². The molecule has 5 heteroatoms. The molecule has 1 aromatic carbocycles. The largest absolute Gasteiger partial charge is 0.698 e. The summed E-state index contributed by atoms with van der Waals surface area (Å²) in [4.78, 5) is 8.79. The molecule has 0 amide bonds. The van der Waals surface area contributed by atoms with Crippen LogP contribution < -0.4 is 4.74 Å². The Kier molecular flexibility index (Phi) is 4.82. The van der Waals surface area contributed by atoms with Crippen molar-refractivity contribution in [2.75, 3.05) is 6.79 Å². The van der Waals surface area contributed by atoms with Crippen molar-refractivity contribution in [3.05, 3.63) is 29.3 Å². The summed E-state index contributed by atoms with van der Waals surface area (Å²) < 4.78 is 21.2. The maximum absolute atomic E-state index is 10.7. The molecular formula is C17H24O4P+. The summed E-state index contributed by atoms with van der Waals surface area (Å²) in [5, 5.41) is 0. The first-order valence-corrected chi connectivity index (χ1v) is 9.25. The molecule has 120 valence electrons. The summed E-state index contributed by atoms with van der Waals surface area (Å²) >= 11 is 0. The molecule has 0 aromatic heterocycles. The van der Waals surface area contributed by atoms with Gasteiger partial charge in [-0.3, -0.25) is 0 Å². The molecule has 0 spiro atoms. The minimum atomic E-state index is -2.62. The fourth-order valence-corrected chi connectivity index (χ4v) is 3.43. The molecule has 1 unspecified atom stereocenters. The van der Waals surface area contributed by atoms with Crippen LogP contribution in [0, 0.1) is 11.8 Å². The van der Waals surface area contributed by atoms with E-state index in [0.29, 0.717) is 11.8 Å². The first-order valence-electron chi connectivity index (χ1n) is 8.12. The molecule has 2 fully saturated rings. The van der Waals surface area contributed by atoms with Crippen LogP contribution in [0.3, 0.4) is 0 Å². The van der Waals surface area contributed by atoms with Crippen LogP contribution in [0.2, 0.25) is 0 Å². The van der Waals surface area contributed by atoms with Gasteiger partial charge in [-0.25, -0.2) is 0 Å². The van der Waals surface area contributed by atoms with Gasteiger partial charge in [0.15, 0.2) is 0 Å². The van der Waals surface area contributed by atoms with Crippen LogP contribution in [-0.4, -0.2) is 11.7 Å². The molecule has 3 rings (SSSR count). The zero-order valence-corrected chi connectivity index (χ0v) is 14.1. The molecule has 2 aliphatic carbocycles. The Hall–Kier alpha value is -0.960. The second-order valence-corrected chi connectivity index (χ2v) is 7.38. The Bertz CT molecular complexity index is 515. The van der Waals surface area contributed by atoms with Crippen molar-refractivity contribution in [1.82, 2.24) is 0 Å². The normalized spacial score (nSPS) is 21.3. The number of para-hydroxylation sites is 1. The van der Waals surface area contributed by atoms with Gasteiger partial charge in [0.1, 0.15) is 5.75 Å². The van der Waals surface area contributed by atoms with Crippen molar-refractivity contribution in [2.45, 2.75) is 51.4 Å². The van der Waals surface area contributed by atoms with E-state index in [1.165, 1.54) is 36.8 Å². The minimum absolute atomic E-state index is 0.176. The highest BCUT2D eigenvalue weighted by atomic mass is 31.1. The lowest BCUT2D eigenvalue weighted by Crippen LogP contribution is -2.09. The molecule has 0 radical (unpaired) electrons. The summed E-state index contributed by atoms with van der Waals surface area (Å²) in [6, 6.07) is 6.36. The molecule has 2 saturated carbocycles. The van der Waals surface area contributed by atoms with Crippen molar-refractivity contribution in [3.8, 4) is 5.75 Å². The highest BCUT2D eigenvalue weighted by molar-refractivity contribution is 7.32. The van der Waals surface area contributed by atoms with Gasteiger partial charge in [-0.15, -0.1) is 4.89 Å². The van der Waals surface area contributed by atoms with E-state index in [0.717, 1.165) is 17.6 Å². The summed E-state index contributed by atoms with van der Waals surface area (Å²) in [6.07, 6.45) is 5.12. The number of hydrogen-bond acceptors (Lipinski definition) is 3. The standard InChI is InChI=1S/C17H23O4P/c1-11(13-6-7-13)15-4-3-5-16(12(2)14-8-9-14)17(15)20-10-21-22(18)19/h3-5,11-14H,6-10H2,1-2H3/p+1/t11-,12-/m1/s1. The Morgan fingerprint density at radius 1 is 1.14 bits per heavy atom. The summed E-state index contributed by atoms with van der Waals surface area (Å²) in [5.41, 5.74) is 2.42. The van der Waals surface area contributed by atoms with Crippen molar-refractivity contribution in [3.63, 3.8) is 0 Å². The Morgan fingerprint density at radius 3 is 2.05 bits per heavy atom. The summed E-state index contributed by atoms with van der Waals surface area (Å²) in [7, 11) is -2.62. The Morgan fingerprint density at radius 2 is 1.64 bits per heavy atom. The van der Waals surface area contributed by atoms with Crippen LogP contribution in [0.15, 0.2) is 18.2 Å². The van der Waals surface area contributed by atoms with Gasteiger partial charge in [-0.05, 0) is 60.5 Å². The van der Waals surface area contributed by atoms with E-state index in [1.807, 2.05) is 0 Å². The third-order valence-corrected chi connectivity index (χ3v) is 5.41. The first kappa shape index (κ1) is 15.9. The van der Waals surface area contributed by atoms with Crippen LogP contribution in [-0.2, 0) is 9.09 Å². The number of rotatable bonds is 8. The maximum atomic E-state index is 10.7. The van der Waals surface area contributed by atoms with E-state index in [4.69, 9.17) is 14.2 Å². The predicted molar refractivity (Wildman–Crippen MR) is 85.1 cm³/mol. The molecule has 2 aliphatic rings. The molecule has 22 heavy (non-hydrogen) atoms. The highest BCUT2D eigenvalue weighted by Gasteiger charge is 2.35. The topological polar surface area (TPSA) is 55.8 Å².